The van der Waals surface area contributed by atoms with E-state index in [0.29, 0.717) is 32.5 Å². The van der Waals surface area contributed by atoms with Crippen LogP contribution in [-0.2, 0) is 10.0 Å². The van der Waals surface area contributed by atoms with E-state index in [1.54, 1.807) is 54.6 Å². The number of benzene rings is 4. The highest BCUT2D eigenvalue weighted by molar-refractivity contribution is 7.99. The third-order valence-corrected chi connectivity index (χ3v) is 8.29. The summed E-state index contributed by atoms with van der Waals surface area (Å²) >= 11 is 1.33. The quantitative estimate of drug-likeness (QED) is 0.248. The van der Waals surface area contributed by atoms with Gasteiger partial charge in [0.2, 0.25) is 10.0 Å². The molecule has 0 spiro atoms. The van der Waals surface area contributed by atoms with Gasteiger partial charge in [-0.1, -0.05) is 66.4 Å². The van der Waals surface area contributed by atoms with Crippen molar-refractivity contribution in [3.63, 3.8) is 0 Å². The number of fused-ring (bicyclic) bond motifs is 2. The van der Waals surface area contributed by atoms with E-state index in [4.69, 9.17) is 0 Å². The highest BCUT2D eigenvalue weighted by Crippen LogP contribution is 2.42. The maximum Gasteiger partial charge on any atom is 0.261 e. The number of carbonyl (C=O) groups excluding carboxylic acids is 2. The Morgan fingerprint density at radius 3 is 2.06 bits per heavy atom. The lowest BCUT2D eigenvalue weighted by atomic mass is 10.1. The summed E-state index contributed by atoms with van der Waals surface area (Å²) in [4.78, 5) is 27.6. The molecule has 1 heterocycles. The smallest absolute Gasteiger partial charge is 0.261 e. The fourth-order valence-corrected chi connectivity index (χ4v) is 6.23. The number of hydrogen-bond donors (Lipinski definition) is 2. The van der Waals surface area contributed by atoms with Gasteiger partial charge >= 0.3 is 0 Å². The number of sulfonamides is 1. The molecule has 4 aromatic carbocycles. The first kappa shape index (κ1) is 23.9. The molecule has 0 fully saturated rings. The molecule has 4 aromatic rings. The lowest BCUT2D eigenvalue weighted by molar-refractivity contribution is 0.0654. The Kier molecular flexibility index (Phi) is 6.42. The number of nitrogens with zero attached hydrogens (tertiary/aromatic N) is 1. The Balaban J connectivity index is 1.34. The van der Waals surface area contributed by atoms with Gasteiger partial charge in [-0.25, -0.2) is 8.42 Å². The highest BCUT2D eigenvalue weighted by Gasteiger charge is 2.34. The molecular weight excluding hydrogens is 496 g/mol. The fourth-order valence-electron chi connectivity index (χ4n) is 4.19. The number of phenols is 1. The predicted octanol–water partition coefficient (Wildman–Crippen LogP) is 5.12. The molecular formula is C27H22N2O5S2. The van der Waals surface area contributed by atoms with Crippen molar-refractivity contribution in [3.8, 4) is 5.75 Å². The van der Waals surface area contributed by atoms with Gasteiger partial charge in [0.25, 0.3) is 11.8 Å². The van der Waals surface area contributed by atoms with Crippen molar-refractivity contribution >= 4 is 50.1 Å². The molecule has 0 saturated heterocycles. The summed E-state index contributed by atoms with van der Waals surface area (Å²) in [5, 5.41) is 11.9. The largest absolute Gasteiger partial charge is 0.506 e. The Bertz CT molecular complexity index is 1550. The molecule has 2 N–H and O–H groups in total. The number of aromatic hydroxyl groups is 1. The summed E-state index contributed by atoms with van der Waals surface area (Å²) in [7, 11) is -3.81. The number of rotatable bonds is 8. The molecule has 9 heteroatoms. The van der Waals surface area contributed by atoms with Gasteiger partial charge in [0.1, 0.15) is 5.75 Å². The van der Waals surface area contributed by atoms with Gasteiger partial charge in [-0.05, 0) is 36.8 Å². The number of carbonyl (C=O) groups is 2. The standard InChI is InChI=1S/C27H22N2O5S2/c30-25-20-12-5-4-11-19(20)23(17-24(25)35-18-9-2-1-3-10-18)28-36(33,34)16-8-15-29-26(31)21-13-6-7-14-22(21)27(29)32/h1-7,9-14,17,28,30H,8,15-16H2. The second-order valence-electron chi connectivity index (χ2n) is 8.31. The molecule has 0 atom stereocenters. The van der Waals surface area contributed by atoms with Crippen LogP contribution in [0, 0.1) is 0 Å². The van der Waals surface area contributed by atoms with E-state index in [-0.39, 0.29) is 24.5 Å². The van der Waals surface area contributed by atoms with Crippen molar-refractivity contribution in [1.29, 1.82) is 0 Å². The molecule has 0 aromatic heterocycles. The van der Waals surface area contributed by atoms with E-state index in [0.717, 1.165) is 9.80 Å². The van der Waals surface area contributed by atoms with Crippen molar-refractivity contribution < 1.29 is 23.1 Å². The molecule has 7 nitrogen and oxygen atoms in total. The topological polar surface area (TPSA) is 104 Å². The molecule has 0 saturated carbocycles. The van der Waals surface area contributed by atoms with Crippen LogP contribution in [0.3, 0.4) is 0 Å². The lowest BCUT2D eigenvalue weighted by Crippen LogP contribution is -2.32. The van der Waals surface area contributed by atoms with Gasteiger partial charge in [-0.15, -0.1) is 0 Å². The molecule has 0 unspecified atom stereocenters. The molecule has 2 amide bonds. The minimum Gasteiger partial charge on any atom is -0.506 e. The van der Waals surface area contributed by atoms with E-state index in [9.17, 15) is 23.1 Å². The predicted molar refractivity (Wildman–Crippen MR) is 140 cm³/mol. The van der Waals surface area contributed by atoms with Crippen LogP contribution < -0.4 is 4.72 Å². The Labute approximate surface area is 212 Å². The van der Waals surface area contributed by atoms with Gasteiger partial charge in [0.15, 0.2) is 0 Å². The van der Waals surface area contributed by atoms with Crippen molar-refractivity contribution in [2.24, 2.45) is 0 Å². The van der Waals surface area contributed by atoms with E-state index in [1.807, 2.05) is 30.3 Å². The molecule has 1 aliphatic heterocycles. The van der Waals surface area contributed by atoms with Crippen molar-refractivity contribution in [2.45, 2.75) is 16.2 Å². The Hall–Kier alpha value is -3.82. The van der Waals surface area contributed by atoms with Crippen LogP contribution in [0.5, 0.6) is 5.75 Å². The summed E-state index contributed by atoms with van der Waals surface area (Å²) in [6.07, 6.45) is 0.0858. The van der Waals surface area contributed by atoms with Gasteiger partial charge in [0.05, 0.1) is 27.5 Å². The zero-order chi connectivity index (χ0) is 25.3. The summed E-state index contributed by atoms with van der Waals surface area (Å²) in [5.74, 6) is -1.02. The first-order valence-electron chi connectivity index (χ1n) is 11.3. The summed E-state index contributed by atoms with van der Waals surface area (Å²) < 4.78 is 28.6. The van der Waals surface area contributed by atoms with Crippen LogP contribution in [0.15, 0.2) is 94.7 Å². The maximum atomic E-state index is 13.0. The number of phenolic OH excluding ortho intramolecular Hbond substituents is 1. The number of amides is 2. The first-order valence-corrected chi connectivity index (χ1v) is 13.7. The lowest BCUT2D eigenvalue weighted by Gasteiger charge is -2.16. The third-order valence-electron chi connectivity index (χ3n) is 5.89. The average molecular weight is 519 g/mol. The SMILES string of the molecule is O=C1c2ccccc2C(=O)N1CCCS(=O)(=O)Nc1cc(Sc2ccccc2)c(O)c2ccccc12. The molecule has 0 aliphatic carbocycles. The van der Waals surface area contributed by atoms with Crippen molar-refractivity contribution in [1.82, 2.24) is 4.90 Å². The van der Waals surface area contributed by atoms with Crippen LogP contribution in [0.1, 0.15) is 27.1 Å². The average Bonchev–Trinajstić information content (AvgIpc) is 3.12. The van der Waals surface area contributed by atoms with Gasteiger partial charge in [0, 0.05) is 22.2 Å². The minimum absolute atomic E-state index is 0.00130. The van der Waals surface area contributed by atoms with E-state index < -0.39 is 21.8 Å². The second-order valence-corrected chi connectivity index (χ2v) is 11.3. The van der Waals surface area contributed by atoms with Gasteiger partial charge in [-0.3, -0.25) is 19.2 Å². The molecule has 1 aliphatic rings. The van der Waals surface area contributed by atoms with E-state index >= 15 is 0 Å². The van der Waals surface area contributed by atoms with Gasteiger partial charge in [-0.2, -0.15) is 0 Å². The van der Waals surface area contributed by atoms with Crippen LogP contribution in [0.4, 0.5) is 5.69 Å². The van der Waals surface area contributed by atoms with Crippen molar-refractivity contribution in [3.05, 3.63) is 96.1 Å². The van der Waals surface area contributed by atoms with Crippen LogP contribution in [-0.4, -0.2) is 42.5 Å². The minimum atomic E-state index is -3.81. The van der Waals surface area contributed by atoms with E-state index in [2.05, 4.69) is 4.72 Å². The molecule has 182 valence electrons. The fraction of sp³-hybridized carbons (Fsp3) is 0.111. The number of imide groups is 1. The zero-order valence-corrected chi connectivity index (χ0v) is 20.7. The Morgan fingerprint density at radius 2 is 1.39 bits per heavy atom. The van der Waals surface area contributed by atoms with Gasteiger partial charge < -0.3 is 5.11 Å². The third kappa shape index (κ3) is 4.67. The van der Waals surface area contributed by atoms with Crippen LogP contribution in [0.25, 0.3) is 10.8 Å². The number of anilines is 1. The highest BCUT2D eigenvalue weighted by atomic mass is 32.2. The first-order chi connectivity index (χ1) is 17.3. The molecule has 0 bridgehead atoms. The number of hydrogen-bond acceptors (Lipinski definition) is 6. The Morgan fingerprint density at radius 1 is 0.806 bits per heavy atom. The molecule has 5 rings (SSSR count). The number of nitrogens with one attached hydrogen (secondary N) is 1. The monoisotopic (exact) mass is 518 g/mol. The second kappa shape index (κ2) is 9.67. The summed E-state index contributed by atoms with van der Waals surface area (Å²) in [6, 6.07) is 24.7. The molecule has 0 radical (unpaired) electrons. The molecule has 36 heavy (non-hydrogen) atoms. The van der Waals surface area contributed by atoms with E-state index in [1.165, 1.54) is 11.8 Å². The normalized spacial score (nSPS) is 13.3. The maximum absolute atomic E-state index is 13.0. The zero-order valence-electron chi connectivity index (χ0n) is 19.0. The summed E-state index contributed by atoms with van der Waals surface area (Å²) in [6.45, 7) is -0.00130. The van der Waals surface area contributed by atoms with Crippen molar-refractivity contribution in [2.75, 3.05) is 17.0 Å². The summed E-state index contributed by atoms with van der Waals surface area (Å²) in [5.41, 5.74) is 1.02. The van der Waals surface area contributed by atoms with Crippen LogP contribution >= 0.6 is 11.8 Å². The van der Waals surface area contributed by atoms with Crippen LogP contribution in [0.2, 0.25) is 0 Å².